The van der Waals surface area contributed by atoms with Crippen molar-refractivity contribution in [2.24, 2.45) is 0 Å². The number of nitrogens with zero attached hydrogens (tertiary/aromatic N) is 2. The van der Waals surface area contributed by atoms with Crippen LogP contribution in [0.3, 0.4) is 0 Å². The monoisotopic (exact) mass is 376 g/mol. The number of carbonyl (C=O) groups excluding carboxylic acids is 1. The van der Waals surface area contributed by atoms with E-state index in [2.05, 4.69) is 0 Å². The second-order valence-corrected chi connectivity index (χ2v) is 7.03. The Morgan fingerprint density at radius 2 is 1.70 bits per heavy atom. The van der Waals surface area contributed by atoms with E-state index < -0.39 is 11.6 Å². The van der Waals surface area contributed by atoms with E-state index >= 15 is 0 Å². The highest BCUT2D eigenvalue weighted by Gasteiger charge is 2.28. The molecule has 1 heterocycles. The first kappa shape index (κ1) is 19.4. The lowest BCUT2D eigenvalue weighted by molar-refractivity contribution is -0.117. The Kier molecular flexibility index (Phi) is 5.85. The molecule has 1 fully saturated rings. The summed E-state index contributed by atoms with van der Waals surface area (Å²) in [4.78, 5) is 15.8. The van der Waals surface area contributed by atoms with Crippen molar-refractivity contribution in [1.29, 1.82) is 0 Å². The van der Waals surface area contributed by atoms with Crippen LogP contribution in [0.1, 0.15) is 30.9 Å². The fraction of sp³-hybridized carbons (Fsp3) is 0.381. The fourth-order valence-corrected chi connectivity index (χ4v) is 3.62. The molecule has 3 nitrogen and oxygen atoms in total. The first-order valence-corrected chi connectivity index (χ1v) is 9.08. The minimum atomic E-state index is -0.544. The van der Waals surface area contributed by atoms with Crippen LogP contribution < -0.4 is 4.90 Å². The van der Waals surface area contributed by atoms with E-state index in [1.165, 1.54) is 31.2 Å². The lowest BCUT2D eigenvalue weighted by Gasteiger charge is -2.38. The van der Waals surface area contributed by atoms with Gasteiger partial charge in [-0.3, -0.25) is 9.69 Å². The van der Waals surface area contributed by atoms with Gasteiger partial charge in [0.15, 0.2) is 0 Å². The Morgan fingerprint density at radius 3 is 2.26 bits per heavy atom. The van der Waals surface area contributed by atoms with Crippen LogP contribution in [0.4, 0.5) is 18.9 Å². The number of likely N-dealkylation sites (tertiary alicyclic amines) is 1. The number of rotatable bonds is 4. The van der Waals surface area contributed by atoms with Crippen LogP contribution in [0.15, 0.2) is 36.4 Å². The minimum Gasteiger partial charge on any atom is -0.309 e. The van der Waals surface area contributed by atoms with Crippen LogP contribution >= 0.6 is 0 Å². The SMILES string of the molecule is CC(=O)N(c1ccc(C)c(F)c1)C1CCN(Cc2c(F)cccc2F)CC1. The molecule has 0 N–H and O–H groups in total. The number of benzene rings is 2. The van der Waals surface area contributed by atoms with Crippen molar-refractivity contribution in [3.63, 3.8) is 0 Å². The Labute approximate surface area is 157 Å². The van der Waals surface area contributed by atoms with Gasteiger partial charge in [-0.15, -0.1) is 0 Å². The number of piperidine rings is 1. The average molecular weight is 376 g/mol. The molecule has 2 aromatic rings. The average Bonchev–Trinajstić information content (AvgIpc) is 2.62. The van der Waals surface area contributed by atoms with Crippen LogP contribution in [0.2, 0.25) is 0 Å². The van der Waals surface area contributed by atoms with Gasteiger partial charge in [0, 0.05) is 43.9 Å². The predicted molar refractivity (Wildman–Crippen MR) is 99.0 cm³/mol. The van der Waals surface area contributed by atoms with Crippen molar-refractivity contribution in [3.8, 4) is 0 Å². The molecule has 0 spiro atoms. The molecular weight excluding hydrogens is 353 g/mol. The zero-order valence-corrected chi connectivity index (χ0v) is 15.5. The molecule has 1 aliphatic heterocycles. The molecule has 0 saturated carbocycles. The number of amides is 1. The summed E-state index contributed by atoms with van der Waals surface area (Å²) >= 11 is 0. The summed E-state index contributed by atoms with van der Waals surface area (Å²) in [6.45, 7) is 4.56. The van der Waals surface area contributed by atoms with E-state index in [-0.39, 0.29) is 29.9 Å². The van der Waals surface area contributed by atoms with Crippen molar-refractivity contribution in [3.05, 3.63) is 65.0 Å². The topological polar surface area (TPSA) is 23.6 Å². The van der Waals surface area contributed by atoms with Gasteiger partial charge in [0.25, 0.3) is 0 Å². The molecule has 1 aliphatic rings. The highest BCUT2D eigenvalue weighted by atomic mass is 19.1. The fourth-order valence-electron chi connectivity index (χ4n) is 3.62. The van der Waals surface area contributed by atoms with E-state index in [1.807, 2.05) is 4.90 Å². The third-order valence-corrected chi connectivity index (χ3v) is 5.14. The second-order valence-electron chi connectivity index (χ2n) is 7.03. The van der Waals surface area contributed by atoms with Gasteiger partial charge < -0.3 is 4.90 Å². The molecule has 144 valence electrons. The van der Waals surface area contributed by atoms with Gasteiger partial charge in [-0.25, -0.2) is 13.2 Å². The van der Waals surface area contributed by atoms with E-state index in [9.17, 15) is 18.0 Å². The molecule has 0 radical (unpaired) electrons. The van der Waals surface area contributed by atoms with E-state index in [0.29, 0.717) is 37.2 Å². The summed E-state index contributed by atoms with van der Waals surface area (Å²) in [6.07, 6.45) is 1.32. The first-order valence-electron chi connectivity index (χ1n) is 9.08. The zero-order valence-electron chi connectivity index (χ0n) is 15.5. The summed E-state index contributed by atoms with van der Waals surface area (Å²) in [5, 5.41) is 0. The number of halogens is 3. The molecule has 0 atom stereocenters. The van der Waals surface area contributed by atoms with Gasteiger partial charge in [0.2, 0.25) is 5.91 Å². The normalized spacial score (nSPS) is 15.7. The van der Waals surface area contributed by atoms with Gasteiger partial charge in [-0.05, 0) is 49.6 Å². The number of aryl methyl sites for hydroxylation is 1. The maximum absolute atomic E-state index is 13.9. The van der Waals surface area contributed by atoms with E-state index in [0.717, 1.165) is 0 Å². The first-order chi connectivity index (χ1) is 12.9. The standard InChI is InChI=1S/C21H23F3N2O/c1-14-6-7-17(12-21(14)24)26(15(2)27)16-8-10-25(11-9-16)13-18-19(22)4-3-5-20(18)23/h3-7,12,16H,8-11,13H2,1-2H3. The summed E-state index contributed by atoms with van der Waals surface area (Å²) in [7, 11) is 0. The predicted octanol–water partition coefficient (Wildman–Crippen LogP) is 4.43. The molecule has 1 amide bonds. The summed E-state index contributed by atoms with van der Waals surface area (Å²) < 4.78 is 41.6. The van der Waals surface area contributed by atoms with Gasteiger partial charge in [-0.2, -0.15) is 0 Å². The Morgan fingerprint density at radius 1 is 1.07 bits per heavy atom. The molecule has 6 heteroatoms. The molecule has 0 aromatic heterocycles. The van der Waals surface area contributed by atoms with Gasteiger partial charge in [0.05, 0.1) is 0 Å². The number of anilines is 1. The molecule has 27 heavy (non-hydrogen) atoms. The molecule has 3 rings (SSSR count). The minimum absolute atomic E-state index is 0.0636. The van der Waals surface area contributed by atoms with Crippen molar-refractivity contribution in [2.75, 3.05) is 18.0 Å². The quantitative estimate of drug-likeness (QED) is 0.788. The maximum Gasteiger partial charge on any atom is 0.224 e. The smallest absolute Gasteiger partial charge is 0.224 e. The zero-order chi connectivity index (χ0) is 19.6. The lowest BCUT2D eigenvalue weighted by atomic mass is 10.0. The number of hydrogen-bond acceptors (Lipinski definition) is 2. The van der Waals surface area contributed by atoms with Gasteiger partial charge in [0.1, 0.15) is 17.5 Å². The van der Waals surface area contributed by atoms with Crippen LogP contribution in [-0.2, 0) is 11.3 Å². The summed E-state index contributed by atoms with van der Waals surface area (Å²) in [5.74, 6) is -1.57. The molecule has 0 unspecified atom stereocenters. The van der Waals surface area contributed by atoms with Crippen molar-refractivity contribution in [2.45, 2.75) is 39.3 Å². The molecule has 1 saturated heterocycles. The summed E-state index contributed by atoms with van der Waals surface area (Å²) in [5.41, 5.74) is 1.15. The Hall–Kier alpha value is -2.34. The number of carbonyl (C=O) groups is 1. The van der Waals surface area contributed by atoms with Crippen molar-refractivity contribution < 1.29 is 18.0 Å². The van der Waals surface area contributed by atoms with Crippen molar-refractivity contribution in [1.82, 2.24) is 4.90 Å². The highest BCUT2D eigenvalue weighted by Crippen LogP contribution is 2.27. The Bertz CT molecular complexity index is 812. The highest BCUT2D eigenvalue weighted by molar-refractivity contribution is 5.92. The van der Waals surface area contributed by atoms with E-state index in [1.54, 1.807) is 24.0 Å². The van der Waals surface area contributed by atoms with Gasteiger partial charge >= 0.3 is 0 Å². The van der Waals surface area contributed by atoms with Crippen LogP contribution in [0.25, 0.3) is 0 Å². The van der Waals surface area contributed by atoms with Crippen LogP contribution in [-0.4, -0.2) is 29.9 Å². The molecular formula is C21H23F3N2O. The maximum atomic E-state index is 13.9. The molecule has 0 aliphatic carbocycles. The number of hydrogen-bond donors (Lipinski definition) is 0. The van der Waals surface area contributed by atoms with Crippen LogP contribution in [0, 0.1) is 24.4 Å². The lowest BCUT2D eigenvalue weighted by Crippen LogP contribution is -2.47. The third-order valence-electron chi connectivity index (χ3n) is 5.14. The molecule has 0 bridgehead atoms. The Balaban J connectivity index is 1.69. The second kappa shape index (κ2) is 8.13. The third kappa shape index (κ3) is 4.33. The van der Waals surface area contributed by atoms with Gasteiger partial charge in [-0.1, -0.05) is 12.1 Å². The van der Waals surface area contributed by atoms with Crippen LogP contribution in [0.5, 0.6) is 0 Å². The summed E-state index contributed by atoms with van der Waals surface area (Å²) in [6, 6.07) is 8.61. The largest absolute Gasteiger partial charge is 0.309 e. The molecule has 2 aromatic carbocycles. The van der Waals surface area contributed by atoms with E-state index in [4.69, 9.17) is 0 Å². The van der Waals surface area contributed by atoms with Crippen molar-refractivity contribution >= 4 is 11.6 Å².